The van der Waals surface area contributed by atoms with Crippen molar-refractivity contribution in [1.82, 2.24) is 4.90 Å². The zero-order valence-corrected chi connectivity index (χ0v) is 12.5. The molecule has 0 heterocycles. The number of nitrogens with zero attached hydrogens (tertiary/aromatic N) is 1. The van der Waals surface area contributed by atoms with E-state index >= 15 is 0 Å². The van der Waals surface area contributed by atoms with Crippen LogP contribution in [0.3, 0.4) is 0 Å². The maximum atomic E-state index is 12.0. The Bertz CT molecular complexity index is 443. The number of hydrogen-bond acceptors (Lipinski definition) is 2. The van der Waals surface area contributed by atoms with Crippen molar-refractivity contribution in [2.45, 2.75) is 32.7 Å². The highest BCUT2D eigenvalue weighted by molar-refractivity contribution is 9.10. The SMILES string of the molecule is CCN(C(=O)CNc1ccc(Br)c(C)c1)C1CC1. The molecular weight excluding hydrogens is 292 g/mol. The summed E-state index contributed by atoms with van der Waals surface area (Å²) < 4.78 is 1.09. The summed E-state index contributed by atoms with van der Waals surface area (Å²) in [7, 11) is 0. The van der Waals surface area contributed by atoms with E-state index in [1.807, 2.05) is 36.9 Å². The van der Waals surface area contributed by atoms with E-state index in [0.29, 0.717) is 12.6 Å². The molecule has 0 bridgehead atoms. The van der Waals surface area contributed by atoms with Crippen molar-refractivity contribution >= 4 is 27.5 Å². The normalized spacial score (nSPS) is 14.4. The molecule has 0 aromatic heterocycles. The third-order valence-electron chi connectivity index (χ3n) is 3.25. The average Bonchev–Trinajstić information content (AvgIpc) is 3.16. The second kappa shape index (κ2) is 5.74. The largest absolute Gasteiger partial charge is 0.376 e. The van der Waals surface area contributed by atoms with Crippen LogP contribution < -0.4 is 5.32 Å². The predicted molar refractivity (Wildman–Crippen MR) is 77.8 cm³/mol. The van der Waals surface area contributed by atoms with Crippen molar-refractivity contribution in [3.63, 3.8) is 0 Å². The standard InChI is InChI=1S/C14H19BrN2O/c1-3-17(12-5-6-12)14(18)9-16-11-4-7-13(15)10(2)8-11/h4,7-8,12,16H,3,5-6,9H2,1-2H3. The van der Waals surface area contributed by atoms with Crippen LogP contribution in [0.15, 0.2) is 22.7 Å². The summed E-state index contributed by atoms with van der Waals surface area (Å²) in [6.07, 6.45) is 2.33. The van der Waals surface area contributed by atoms with E-state index in [-0.39, 0.29) is 5.91 Å². The van der Waals surface area contributed by atoms with Crippen LogP contribution >= 0.6 is 15.9 Å². The number of carbonyl (C=O) groups excluding carboxylic acids is 1. The minimum absolute atomic E-state index is 0.195. The van der Waals surface area contributed by atoms with Gasteiger partial charge in [0.2, 0.25) is 5.91 Å². The Kier molecular flexibility index (Phi) is 4.27. The topological polar surface area (TPSA) is 32.3 Å². The van der Waals surface area contributed by atoms with Crippen LogP contribution in [0.1, 0.15) is 25.3 Å². The molecule has 1 saturated carbocycles. The third kappa shape index (κ3) is 3.25. The van der Waals surface area contributed by atoms with E-state index in [1.165, 1.54) is 5.56 Å². The molecule has 18 heavy (non-hydrogen) atoms. The molecule has 1 aliphatic carbocycles. The molecule has 1 fully saturated rings. The summed E-state index contributed by atoms with van der Waals surface area (Å²) in [5.74, 6) is 0.195. The van der Waals surface area contributed by atoms with Crippen LogP contribution in [0.4, 0.5) is 5.69 Å². The van der Waals surface area contributed by atoms with Crippen LogP contribution in [-0.4, -0.2) is 29.9 Å². The summed E-state index contributed by atoms with van der Waals surface area (Å²) in [5.41, 5.74) is 2.16. The molecule has 0 aliphatic heterocycles. The van der Waals surface area contributed by atoms with Gasteiger partial charge in [0, 0.05) is 22.7 Å². The van der Waals surface area contributed by atoms with E-state index in [1.54, 1.807) is 0 Å². The quantitative estimate of drug-likeness (QED) is 0.906. The second-order valence-corrected chi connectivity index (χ2v) is 5.58. The summed E-state index contributed by atoms with van der Waals surface area (Å²) in [4.78, 5) is 14.0. The van der Waals surface area contributed by atoms with Crippen LogP contribution in [-0.2, 0) is 4.79 Å². The summed E-state index contributed by atoms with van der Waals surface area (Å²) >= 11 is 3.47. The van der Waals surface area contributed by atoms with Gasteiger partial charge in [-0.05, 0) is 50.5 Å². The average molecular weight is 311 g/mol. The molecular formula is C14H19BrN2O. The number of likely N-dealkylation sites (N-methyl/N-ethyl adjacent to an activating group) is 1. The third-order valence-corrected chi connectivity index (χ3v) is 4.14. The number of amides is 1. The first-order chi connectivity index (χ1) is 8.61. The van der Waals surface area contributed by atoms with Crippen molar-refractivity contribution in [2.75, 3.05) is 18.4 Å². The molecule has 0 spiro atoms. The van der Waals surface area contributed by atoms with Crippen LogP contribution in [0, 0.1) is 6.92 Å². The van der Waals surface area contributed by atoms with Crippen LogP contribution in [0.5, 0.6) is 0 Å². The van der Waals surface area contributed by atoms with Crippen LogP contribution in [0.25, 0.3) is 0 Å². The summed E-state index contributed by atoms with van der Waals surface area (Å²) in [5, 5.41) is 3.20. The minimum Gasteiger partial charge on any atom is -0.376 e. The zero-order chi connectivity index (χ0) is 13.1. The molecule has 98 valence electrons. The van der Waals surface area contributed by atoms with Crippen molar-refractivity contribution in [2.24, 2.45) is 0 Å². The van der Waals surface area contributed by atoms with Gasteiger partial charge in [-0.2, -0.15) is 0 Å². The molecule has 3 nitrogen and oxygen atoms in total. The number of nitrogens with one attached hydrogen (secondary N) is 1. The van der Waals surface area contributed by atoms with E-state index in [2.05, 4.69) is 21.2 Å². The summed E-state index contributed by atoms with van der Waals surface area (Å²) in [6, 6.07) is 6.53. The van der Waals surface area contributed by atoms with E-state index in [0.717, 1.165) is 29.5 Å². The Morgan fingerprint density at radius 2 is 2.22 bits per heavy atom. The molecule has 4 heteroatoms. The molecule has 0 radical (unpaired) electrons. The van der Waals surface area contributed by atoms with Gasteiger partial charge in [0.15, 0.2) is 0 Å². The van der Waals surface area contributed by atoms with Gasteiger partial charge in [-0.25, -0.2) is 0 Å². The van der Waals surface area contributed by atoms with Gasteiger partial charge in [-0.1, -0.05) is 15.9 Å². The first-order valence-electron chi connectivity index (χ1n) is 6.41. The lowest BCUT2D eigenvalue weighted by Gasteiger charge is -2.20. The van der Waals surface area contributed by atoms with Gasteiger partial charge in [0.05, 0.1) is 6.54 Å². The Morgan fingerprint density at radius 3 is 2.78 bits per heavy atom. The number of anilines is 1. The van der Waals surface area contributed by atoms with Gasteiger partial charge in [0.25, 0.3) is 0 Å². The number of halogens is 1. The molecule has 1 aliphatic rings. The molecule has 0 atom stereocenters. The minimum atomic E-state index is 0.195. The highest BCUT2D eigenvalue weighted by atomic mass is 79.9. The molecule has 1 N–H and O–H groups in total. The van der Waals surface area contributed by atoms with Gasteiger partial charge in [-0.3, -0.25) is 4.79 Å². The van der Waals surface area contributed by atoms with Gasteiger partial charge in [0.1, 0.15) is 0 Å². The second-order valence-electron chi connectivity index (χ2n) is 4.73. The highest BCUT2D eigenvalue weighted by Crippen LogP contribution is 2.26. The summed E-state index contributed by atoms with van der Waals surface area (Å²) in [6.45, 7) is 5.27. The van der Waals surface area contributed by atoms with Crippen LogP contribution in [0.2, 0.25) is 0 Å². The molecule has 1 amide bonds. The Morgan fingerprint density at radius 1 is 1.50 bits per heavy atom. The molecule has 1 aromatic carbocycles. The fourth-order valence-electron chi connectivity index (χ4n) is 2.06. The lowest BCUT2D eigenvalue weighted by molar-refractivity contribution is -0.129. The van der Waals surface area contributed by atoms with Crippen molar-refractivity contribution < 1.29 is 4.79 Å². The monoisotopic (exact) mass is 310 g/mol. The van der Waals surface area contributed by atoms with Crippen molar-refractivity contribution in [3.8, 4) is 0 Å². The number of hydrogen-bond donors (Lipinski definition) is 1. The van der Waals surface area contributed by atoms with Gasteiger partial charge >= 0.3 is 0 Å². The Labute approximate surface area is 117 Å². The number of benzene rings is 1. The zero-order valence-electron chi connectivity index (χ0n) is 10.9. The Balaban J connectivity index is 1.90. The molecule has 2 rings (SSSR count). The highest BCUT2D eigenvalue weighted by Gasteiger charge is 2.30. The van der Waals surface area contributed by atoms with E-state index in [4.69, 9.17) is 0 Å². The van der Waals surface area contributed by atoms with E-state index in [9.17, 15) is 4.79 Å². The number of aryl methyl sites for hydroxylation is 1. The fraction of sp³-hybridized carbons (Fsp3) is 0.500. The molecule has 1 aromatic rings. The maximum absolute atomic E-state index is 12.0. The maximum Gasteiger partial charge on any atom is 0.242 e. The van der Waals surface area contributed by atoms with Crippen molar-refractivity contribution in [1.29, 1.82) is 0 Å². The van der Waals surface area contributed by atoms with E-state index < -0.39 is 0 Å². The predicted octanol–water partition coefficient (Wildman–Crippen LogP) is 3.18. The molecule has 0 saturated heterocycles. The Hall–Kier alpha value is -1.03. The van der Waals surface area contributed by atoms with Gasteiger partial charge < -0.3 is 10.2 Å². The smallest absolute Gasteiger partial charge is 0.242 e. The number of carbonyl (C=O) groups is 1. The first kappa shape index (κ1) is 13.4. The first-order valence-corrected chi connectivity index (χ1v) is 7.20. The fourth-order valence-corrected chi connectivity index (χ4v) is 2.30. The lowest BCUT2D eigenvalue weighted by atomic mass is 10.2. The molecule has 0 unspecified atom stereocenters. The lowest BCUT2D eigenvalue weighted by Crippen LogP contribution is -2.37. The van der Waals surface area contributed by atoms with Crippen molar-refractivity contribution in [3.05, 3.63) is 28.2 Å². The van der Waals surface area contributed by atoms with Gasteiger partial charge in [-0.15, -0.1) is 0 Å². The number of rotatable bonds is 5.